The van der Waals surface area contributed by atoms with Crippen LogP contribution in [0.1, 0.15) is 27.2 Å². The Labute approximate surface area is 126 Å². The smallest absolute Gasteiger partial charge is 0.236 e. The average Bonchev–Trinajstić information content (AvgIpc) is 2.67. The molecule has 20 heavy (non-hydrogen) atoms. The van der Waals surface area contributed by atoms with Gasteiger partial charge < -0.3 is 5.11 Å². The molecule has 0 spiro atoms. The molecule has 1 aromatic rings. The van der Waals surface area contributed by atoms with Crippen LogP contribution in [0.4, 0.5) is 10.1 Å². The maximum Gasteiger partial charge on any atom is 0.236 e. The summed E-state index contributed by atoms with van der Waals surface area (Å²) in [6.07, 6.45) is -0.574. The van der Waals surface area contributed by atoms with E-state index in [1.807, 2.05) is 20.8 Å². The van der Waals surface area contributed by atoms with Gasteiger partial charge >= 0.3 is 0 Å². The summed E-state index contributed by atoms with van der Waals surface area (Å²) in [4.78, 5) is 13.7. The Hall–Kier alpha value is -1.20. The highest BCUT2D eigenvalue weighted by molar-refractivity contribution is 9.10. The van der Waals surface area contributed by atoms with Gasteiger partial charge in [0.25, 0.3) is 0 Å². The van der Waals surface area contributed by atoms with E-state index in [9.17, 15) is 14.3 Å². The summed E-state index contributed by atoms with van der Waals surface area (Å²) >= 11 is 3.07. The van der Waals surface area contributed by atoms with Crippen LogP contribution in [0.5, 0.6) is 0 Å². The van der Waals surface area contributed by atoms with Gasteiger partial charge in [-0.15, -0.1) is 0 Å². The molecular formula is C15H17BrFNO2. The molecule has 1 saturated heterocycles. The van der Waals surface area contributed by atoms with Crippen molar-refractivity contribution >= 4 is 27.5 Å². The van der Waals surface area contributed by atoms with Crippen LogP contribution >= 0.6 is 15.9 Å². The van der Waals surface area contributed by atoms with Crippen molar-refractivity contribution < 1.29 is 14.3 Å². The summed E-state index contributed by atoms with van der Waals surface area (Å²) in [6.45, 7) is 5.78. The van der Waals surface area contributed by atoms with E-state index in [0.717, 1.165) is 11.1 Å². The molecule has 0 aliphatic carbocycles. The van der Waals surface area contributed by atoms with Gasteiger partial charge in [0.15, 0.2) is 0 Å². The van der Waals surface area contributed by atoms with Gasteiger partial charge in [0.1, 0.15) is 12.0 Å². The molecule has 3 nitrogen and oxygen atoms in total. The summed E-state index contributed by atoms with van der Waals surface area (Å²) in [5, 5.41) is 10.1. The Morgan fingerprint density at radius 2 is 2.05 bits per heavy atom. The predicted molar refractivity (Wildman–Crippen MR) is 79.7 cm³/mol. The standard InChI is InChI=1S/C15H17BrFNO2/c1-8(2)9(3)11-7-14(19)18(15(11)20)10-4-5-12(16)13(17)6-10/h4-6,11,14,19H,7H2,1-3H3. The van der Waals surface area contributed by atoms with Gasteiger partial charge in [0, 0.05) is 12.1 Å². The fraction of sp³-hybridized carbons (Fsp3) is 0.400. The number of halogens is 2. The van der Waals surface area contributed by atoms with Gasteiger partial charge in [-0.1, -0.05) is 11.1 Å². The predicted octanol–water partition coefficient (Wildman–Crippen LogP) is 3.62. The molecule has 2 rings (SSSR count). The zero-order valence-electron chi connectivity index (χ0n) is 11.7. The zero-order valence-corrected chi connectivity index (χ0v) is 13.2. The van der Waals surface area contributed by atoms with Crippen molar-refractivity contribution in [2.24, 2.45) is 5.92 Å². The third kappa shape index (κ3) is 2.65. The molecular weight excluding hydrogens is 325 g/mol. The molecule has 1 N–H and O–H groups in total. The fourth-order valence-electron chi connectivity index (χ4n) is 2.38. The first-order chi connectivity index (χ1) is 9.32. The van der Waals surface area contributed by atoms with Crippen LogP contribution in [0.25, 0.3) is 0 Å². The lowest BCUT2D eigenvalue weighted by Crippen LogP contribution is -2.33. The second kappa shape index (κ2) is 5.66. The number of anilines is 1. The van der Waals surface area contributed by atoms with E-state index in [1.165, 1.54) is 17.0 Å². The van der Waals surface area contributed by atoms with Gasteiger partial charge in [-0.05, 0) is 54.9 Å². The summed E-state index contributed by atoms with van der Waals surface area (Å²) in [6, 6.07) is 4.41. The highest BCUT2D eigenvalue weighted by atomic mass is 79.9. The molecule has 1 amide bonds. The first-order valence-electron chi connectivity index (χ1n) is 6.43. The highest BCUT2D eigenvalue weighted by Crippen LogP contribution is 2.35. The maximum absolute atomic E-state index is 13.6. The number of carbonyl (C=O) groups excluding carboxylic acids is 1. The molecule has 0 saturated carbocycles. The summed E-state index contributed by atoms with van der Waals surface area (Å²) in [7, 11) is 0. The number of carbonyl (C=O) groups is 1. The van der Waals surface area contributed by atoms with Crippen molar-refractivity contribution in [1.29, 1.82) is 0 Å². The summed E-state index contributed by atoms with van der Waals surface area (Å²) in [5.74, 6) is -0.968. The van der Waals surface area contributed by atoms with Crippen molar-refractivity contribution in [2.75, 3.05) is 4.90 Å². The molecule has 5 heteroatoms. The quantitative estimate of drug-likeness (QED) is 0.834. The Kier molecular flexibility index (Phi) is 4.30. The second-order valence-electron chi connectivity index (χ2n) is 5.26. The van der Waals surface area contributed by atoms with Crippen LogP contribution in [-0.4, -0.2) is 17.2 Å². The molecule has 2 atom stereocenters. The van der Waals surface area contributed by atoms with Crippen molar-refractivity contribution in [2.45, 2.75) is 33.4 Å². The molecule has 1 aliphatic heterocycles. The number of amides is 1. The third-order valence-corrected chi connectivity index (χ3v) is 4.42. The Morgan fingerprint density at radius 3 is 2.60 bits per heavy atom. The number of aliphatic hydroxyl groups excluding tert-OH is 1. The zero-order chi connectivity index (χ0) is 15.0. The monoisotopic (exact) mass is 341 g/mol. The van der Waals surface area contributed by atoms with E-state index in [1.54, 1.807) is 6.07 Å². The molecule has 0 aromatic heterocycles. The van der Waals surface area contributed by atoms with E-state index in [2.05, 4.69) is 15.9 Å². The van der Waals surface area contributed by atoms with E-state index in [4.69, 9.17) is 0 Å². The molecule has 1 aromatic carbocycles. The minimum Gasteiger partial charge on any atom is -0.373 e. The van der Waals surface area contributed by atoms with Crippen LogP contribution in [0.2, 0.25) is 0 Å². The van der Waals surface area contributed by atoms with Crippen molar-refractivity contribution in [3.05, 3.63) is 39.6 Å². The van der Waals surface area contributed by atoms with Gasteiger partial charge in [-0.2, -0.15) is 0 Å². The normalized spacial score (nSPS) is 22.3. The second-order valence-corrected chi connectivity index (χ2v) is 6.11. The molecule has 1 aliphatic rings. The lowest BCUT2D eigenvalue weighted by atomic mass is 9.95. The van der Waals surface area contributed by atoms with Crippen molar-refractivity contribution in [1.82, 2.24) is 0 Å². The van der Waals surface area contributed by atoms with Crippen molar-refractivity contribution in [3.8, 4) is 0 Å². The van der Waals surface area contributed by atoms with E-state index in [0.29, 0.717) is 16.6 Å². The lowest BCUT2D eigenvalue weighted by molar-refractivity contribution is -0.119. The van der Waals surface area contributed by atoms with E-state index < -0.39 is 12.0 Å². The number of rotatable bonds is 2. The maximum atomic E-state index is 13.6. The largest absolute Gasteiger partial charge is 0.373 e. The van der Waals surface area contributed by atoms with Crippen LogP contribution in [0.15, 0.2) is 33.8 Å². The molecule has 0 radical (unpaired) electrons. The minimum absolute atomic E-state index is 0.182. The lowest BCUT2D eigenvalue weighted by Gasteiger charge is -2.21. The van der Waals surface area contributed by atoms with Crippen LogP contribution in [-0.2, 0) is 4.79 Å². The Balaban J connectivity index is 2.36. The van der Waals surface area contributed by atoms with Gasteiger partial charge in [-0.3, -0.25) is 9.69 Å². The number of nitrogens with zero attached hydrogens (tertiary/aromatic N) is 1. The van der Waals surface area contributed by atoms with Gasteiger partial charge in [0.05, 0.1) is 10.4 Å². The molecule has 1 heterocycles. The summed E-state index contributed by atoms with van der Waals surface area (Å²) in [5.41, 5.74) is 2.42. The van der Waals surface area contributed by atoms with Crippen molar-refractivity contribution in [3.63, 3.8) is 0 Å². The topological polar surface area (TPSA) is 40.5 Å². The number of aliphatic hydroxyl groups is 1. The molecule has 2 unspecified atom stereocenters. The third-order valence-electron chi connectivity index (χ3n) is 3.77. The number of hydrogen-bond donors (Lipinski definition) is 1. The summed E-state index contributed by atoms with van der Waals surface area (Å²) < 4.78 is 13.9. The van der Waals surface area contributed by atoms with Crippen LogP contribution < -0.4 is 4.90 Å². The highest BCUT2D eigenvalue weighted by Gasteiger charge is 2.40. The Morgan fingerprint density at radius 1 is 1.40 bits per heavy atom. The minimum atomic E-state index is -0.914. The van der Waals surface area contributed by atoms with Gasteiger partial charge in [0.2, 0.25) is 5.91 Å². The number of allylic oxidation sites excluding steroid dienone is 1. The van der Waals surface area contributed by atoms with Crippen LogP contribution in [0, 0.1) is 11.7 Å². The molecule has 1 fully saturated rings. The SMILES string of the molecule is CC(C)=C(C)C1CC(O)N(c2ccc(Br)c(F)c2)C1=O. The van der Waals surface area contributed by atoms with E-state index in [-0.39, 0.29) is 11.8 Å². The van der Waals surface area contributed by atoms with E-state index >= 15 is 0 Å². The molecule has 0 bridgehead atoms. The average molecular weight is 342 g/mol. The van der Waals surface area contributed by atoms with Crippen LogP contribution in [0.3, 0.4) is 0 Å². The first-order valence-corrected chi connectivity index (χ1v) is 7.22. The Bertz CT molecular complexity index is 581. The number of benzene rings is 1. The first kappa shape index (κ1) is 15.2. The fourth-order valence-corrected chi connectivity index (χ4v) is 2.62. The number of hydrogen-bond acceptors (Lipinski definition) is 2. The van der Waals surface area contributed by atoms with Gasteiger partial charge in [-0.25, -0.2) is 4.39 Å². The molecule has 108 valence electrons.